The molecule has 1 fully saturated rings. The Balaban J connectivity index is 2.01. The summed E-state index contributed by atoms with van der Waals surface area (Å²) < 4.78 is 0. The Kier molecular flexibility index (Phi) is 2.84. The zero-order chi connectivity index (χ0) is 11.7. The molecule has 1 saturated heterocycles. The number of anilines is 1. The molecule has 0 aromatic carbocycles. The van der Waals surface area contributed by atoms with Gasteiger partial charge in [0.25, 0.3) is 5.56 Å². The SMILES string of the molecule is O=c1[nH]nc(C2CCCNC2)c2c1CCCN2. The normalized spacial score (nSPS) is 23.9. The van der Waals surface area contributed by atoms with Crippen LogP contribution in [0.4, 0.5) is 5.69 Å². The minimum atomic E-state index is -0.0280. The maximum atomic E-state index is 11.7. The van der Waals surface area contributed by atoms with Gasteiger partial charge < -0.3 is 10.6 Å². The van der Waals surface area contributed by atoms with Crippen LogP contribution < -0.4 is 16.2 Å². The largest absolute Gasteiger partial charge is 0.383 e. The smallest absolute Gasteiger partial charge is 0.269 e. The highest BCUT2D eigenvalue weighted by Crippen LogP contribution is 2.30. The average Bonchev–Trinajstić information content (AvgIpc) is 2.41. The minimum absolute atomic E-state index is 0.0280. The molecule has 3 rings (SSSR count). The highest BCUT2D eigenvalue weighted by atomic mass is 16.1. The number of hydrogen-bond donors (Lipinski definition) is 3. The van der Waals surface area contributed by atoms with Crippen molar-refractivity contribution in [1.29, 1.82) is 0 Å². The maximum Gasteiger partial charge on any atom is 0.269 e. The van der Waals surface area contributed by atoms with Gasteiger partial charge in [0.05, 0.1) is 11.4 Å². The van der Waals surface area contributed by atoms with Crippen LogP contribution in [-0.4, -0.2) is 29.8 Å². The van der Waals surface area contributed by atoms with Gasteiger partial charge >= 0.3 is 0 Å². The van der Waals surface area contributed by atoms with Crippen LogP contribution in [0.3, 0.4) is 0 Å². The van der Waals surface area contributed by atoms with Crippen molar-refractivity contribution >= 4 is 5.69 Å². The molecule has 1 aromatic heterocycles. The second-order valence-electron chi connectivity index (χ2n) is 4.87. The molecule has 0 saturated carbocycles. The van der Waals surface area contributed by atoms with Gasteiger partial charge in [-0.25, -0.2) is 5.10 Å². The summed E-state index contributed by atoms with van der Waals surface area (Å²) >= 11 is 0. The summed E-state index contributed by atoms with van der Waals surface area (Å²) in [5.74, 6) is 0.431. The van der Waals surface area contributed by atoms with Crippen LogP contribution in [0.5, 0.6) is 0 Å². The van der Waals surface area contributed by atoms with E-state index in [0.29, 0.717) is 5.92 Å². The van der Waals surface area contributed by atoms with E-state index in [2.05, 4.69) is 20.8 Å². The van der Waals surface area contributed by atoms with Crippen molar-refractivity contribution < 1.29 is 0 Å². The summed E-state index contributed by atoms with van der Waals surface area (Å²) in [5.41, 5.74) is 2.92. The second kappa shape index (κ2) is 4.49. The number of piperidine rings is 1. The Hall–Kier alpha value is -1.36. The van der Waals surface area contributed by atoms with E-state index in [-0.39, 0.29) is 5.56 Å². The lowest BCUT2D eigenvalue weighted by Gasteiger charge is -2.26. The van der Waals surface area contributed by atoms with Gasteiger partial charge in [0.2, 0.25) is 0 Å². The number of aromatic amines is 1. The second-order valence-corrected chi connectivity index (χ2v) is 4.87. The summed E-state index contributed by atoms with van der Waals surface area (Å²) in [5, 5.41) is 13.7. The van der Waals surface area contributed by atoms with Crippen molar-refractivity contribution in [2.45, 2.75) is 31.6 Å². The molecule has 3 N–H and O–H groups in total. The first-order valence-corrected chi connectivity index (χ1v) is 6.42. The van der Waals surface area contributed by atoms with Crippen molar-refractivity contribution in [2.75, 3.05) is 25.0 Å². The lowest BCUT2D eigenvalue weighted by atomic mass is 9.92. The number of hydrogen-bond acceptors (Lipinski definition) is 4. The van der Waals surface area contributed by atoms with Crippen molar-refractivity contribution in [2.24, 2.45) is 0 Å². The molecule has 92 valence electrons. The fraction of sp³-hybridized carbons (Fsp3) is 0.667. The summed E-state index contributed by atoms with van der Waals surface area (Å²) in [4.78, 5) is 11.7. The first-order chi connectivity index (χ1) is 8.36. The number of nitrogens with one attached hydrogen (secondary N) is 3. The third-order valence-electron chi connectivity index (χ3n) is 3.70. The monoisotopic (exact) mass is 234 g/mol. The van der Waals surface area contributed by atoms with Crippen LogP contribution in [0.15, 0.2) is 4.79 Å². The topological polar surface area (TPSA) is 69.8 Å². The van der Waals surface area contributed by atoms with Gasteiger partial charge in [0.1, 0.15) is 0 Å². The van der Waals surface area contributed by atoms with E-state index in [1.54, 1.807) is 0 Å². The molecular weight excluding hydrogens is 216 g/mol. The van der Waals surface area contributed by atoms with E-state index in [1.807, 2.05) is 0 Å². The van der Waals surface area contributed by atoms with Crippen LogP contribution in [0.1, 0.15) is 36.4 Å². The van der Waals surface area contributed by atoms with E-state index < -0.39 is 0 Å². The Morgan fingerprint density at radius 1 is 1.24 bits per heavy atom. The van der Waals surface area contributed by atoms with E-state index in [1.165, 1.54) is 6.42 Å². The lowest BCUT2D eigenvalue weighted by Crippen LogP contribution is -2.32. The van der Waals surface area contributed by atoms with Crippen molar-refractivity contribution in [3.63, 3.8) is 0 Å². The van der Waals surface area contributed by atoms with E-state index >= 15 is 0 Å². The number of nitrogens with zero attached hydrogens (tertiary/aromatic N) is 1. The maximum absolute atomic E-state index is 11.7. The predicted octanol–water partition coefficient (Wildman–Crippen LogP) is 0.595. The molecule has 0 bridgehead atoms. The van der Waals surface area contributed by atoms with Gasteiger partial charge in [-0.1, -0.05) is 0 Å². The fourth-order valence-corrected chi connectivity index (χ4v) is 2.80. The summed E-state index contributed by atoms with van der Waals surface area (Å²) in [6.07, 6.45) is 4.23. The van der Waals surface area contributed by atoms with E-state index in [9.17, 15) is 4.79 Å². The standard InChI is InChI=1S/C12H18N4O/c17-12-9-4-2-6-14-11(9)10(15-16-12)8-3-1-5-13-7-8/h8,13-14H,1-7H2,(H,16,17). The molecule has 0 amide bonds. The van der Waals surface area contributed by atoms with Crippen molar-refractivity contribution in [3.8, 4) is 0 Å². The first-order valence-electron chi connectivity index (χ1n) is 6.42. The number of H-pyrrole nitrogens is 1. The van der Waals surface area contributed by atoms with Gasteiger partial charge in [-0.2, -0.15) is 5.10 Å². The van der Waals surface area contributed by atoms with Crippen LogP contribution in [0.25, 0.3) is 0 Å². The molecule has 5 nitrogen and oxygen atoms in total. The van der Waals surface area contributed by atoms with Crippen LogP contribution >= 0.6 is 0 Å². The molecule has 1 aromatic rings. The molecule has 1 atom stereocenters. The zero-order valence-electron chi connectivity index (χ0n) is 9.88. The molecular formula is C12H18N4O. The Labute approximate surface area is 100 Å². The van der Waals surface area contributed by atoms with Crippen LogP contribution in [0.2, 0.25) is 0 Å². The predicted molar refractivity (Wildman–Crippen MR) is 66.5 cm³/mol. The number of fused-ring (bicyclic) bond motifs is 1. The molecule has 2 aliphatic heterocycles. The highest BCUT2D eigenvalue weighted by molar-refractivity contribution is 5.56. The van der Waals surface area contributed by atoms with Gasteiger partial charge in [-0.15, -0.1) is 0 Å². The third kappa shape index (κ3) is 1.95. The third-order valence-corrected chi connectivity index (χ3v) is 3.70. The molecule has 0 radical (unpaired) electrons. The molecule has 1 unspecified atom stereocenters. The van der Waals surface area contributed by atoms with Gasteiger partial charge in [0, 0.05) is 24.6 Å². The minimum Gasteiger partial charge on any atom is -0.383 e. The van der Waals surface area contributed by atoms with Gasteiger partial charge in [0.15, 0.2) is 0 Å². The highest BCUT2D eigenvalue weighted by Gasteiger charge is 2.24. The van der Waals surface area contributed by atoms with E-state index in [0.717, 1.165) is 55.8 Å². The fourth-order valence-electron chi connectivity index (χ4n) is 2.80. The molecule has 2 aliphatic rings. The lowest BCUT2D eigenvalue weighted by molar-refractivity contribution is 0.451. The van der Waals surface area contributed by atoms with Crippen LogP contribution in [0, 0.1) is 0 Å². The summed E-state index contributed by atoms with van der Waals surface area (Å²) in [6.45, 7) is 3.01. The van der Waals surface area contributed by atoms with Gasteiger partial charge in [-0.3, -0.25) is 4.79 Å². The van der Waals surface area contributed by atoms with Crippen molar-refractivity contribution in [3.05, 3.63) is 21.6 Å². The molecule has 3 heterocycles. The molecule has 17 heavy (non-hydrogen) atoms. The van der Waals surface area contributed by atoms with Crippen LogP contribution in [-0.2, 0) is 6.42 Å². The number of rotatable bonds is 1. The Morgan fingerprint density at radius 3 is 3.00 bits per heavy atom. The zero-order valence-corrected chi connectivity index (χ0v) is 9.88. The Morgan fingerprint density at radius 2 is 2.18 bits per heavy atom. The molecule has 0 aliphatic carbocycles. The van der Waals surface area contributed by atoms with Crippen molar-refractivity contribution in [1.82, 2.24) is 15.5 Å². The average molecular weight is 234 g/mol. The molecule has 5 heteroatoms. The quantitative estimate of drug-likeness (QED) is 0.665. The summed E-state index contributed by atoms with van der Waals surface area (Å²) in [6, 6.07) is 0. The Bertz CT molecular complexity index is 462. The summed E-state index contributed by atoms with van der Waals surface area (Å²) in [7, 11) is 0. The van der Waals surface area contributed by atoms with E-state index in [4.69, 9.17) is 0 Å². The number of aromatic nitrogens is 2. The van der Waals surface area contributed by atoms with Gasteiger partial charge in [-0.05, 0) is 32.2 Å². The molecule has 0 spiro atoms. The first kappa shape index (κ1) is 10.8.